The number of hydrogen-bond donors (Lipinski definition) is 1. The first kappa shape index (κ1) is 16.8. The van der Waals surface area contributed by atoms with Crippen molar-refractivity contribution in [3.05, 3.63) is 42.5 Å². The largest absolute Gasteiger partial charge is 0.490 e. The molecule has 0 aliphatic rings. The maximum absolute atomic E-state index is 11.3. The van der Waals surface area contributed by atoms with Gasteiger partial charge in [-0.1, -0.05) is 12.1 Å². The third kappa shape index (κ3) is 3.42. The van der Waals surface area contributed by atoms with Crippen LogP contribution in [0.3, 0.4) is 0 Å². The minimum atomic E-state index is -0.916. The van der Waals surface area contributed by atoms with Gasteiger partial charge in [-0.15, -0.1) is 0 Å². The summed E-state index contributed by atoms with van der Waals surface area (Å²) in [6, 6.07) is 13.0. The number of fused-ring (bicyclic) bond motifs is 1. The first-order valence-electron chi connectivity index (χ1n) is 8.21. The van der Waals surface area contributed by atoms with Crippen molar-refractivity contribution < 1.29 is 19.4 Å². The van der Waals surface area contributed by atoms with Gasteiger partial charge in [0.15, 0.2) is 11.5 Å². The first-order valence-corrected chi connectivity index (χ1v) is 8.21. The molecule has 0 atom stereocenters. The van der Waals surface area contributed by atoms with E-state index in [2.05, 4.69) is 4.98 Å². The molecule has 1 aromatic heterocycles. The highest BCUT2D eigenvalue weighted by atomic mass is 16.5. The molecule has 0 aliphatic heterocycles. The fourth-order valence-corrected chi connectivity index (χ4v) is 2.78. The number of carbonyl (C=O) groups is 1. The maximum atomic E-state index is 11.3. The molecule has 0 radical (unpaired) electrons. The number of ether oxygens (including phenoxy) is 2. The van der Waals surface area contributed by atoms with Crippen LogP contribution >= 0.6 is 0 Å². The molecule has 1 N–H and O–H groups in total. The number of carboxylic acids is 1. The van der Waals surface area contributed by atoms with Gasteiger partial charge in [0.05, 0.1) is 24.2 Å². The minimum Gasteiger partial charge on any atom is -0.490 e. The van der Waals surface area contributed by atoms with Crippen molar-refractivity contribution in [2.75, 3.05) is 13.2 Å². The van der Waals surface area contributed by atoms with Crippen LogP contribution in [0.2, 0.25) is 0 Å². The molecule has 25 heavy (non-hydrogen) atoms. The van der Waals surface area contributed by atoms with Crippen LogP contribution in [0, 0.1) is 0 Å². The number of nitrogens with zero attached hydrogens (tertiary/aromatic N) is 2. The second-order valence-electron chi connectivity index (χ2n) is 5.43. The molecular formula is C19H20N2O4. The minimum absolute atomic E-state index is 0.160. The van der Waals surface area contributed by atoms with Gasteiger partial charge >= 0.3 is 5.97 Å². The van der Waals surface area contributed by atoms with Gasteiger partial charge in [-0.3, -0.25) is 4.79 Å². The van der Waals surface area contributed by atoms with E-state index in [1.165, 1.54) is 0 Å². The van der Waals surface area contributed by atoms with Gasteiger partial charge in [0.1, 0.15) is 12.4 Å². The lowest BCUT2D eigenvalue weighted by Gasteiger charge is -2.13. The summed E-state index contributed by atoms with van der Waals surface area (Å²) in [5.41, 5.74) is 2.32. The van der Waals surface area contributed by atoms with E-state index in [0.717, 1.165) is 16.6 Å². The van der Waals surface area contributed by atoms with Crippen LogP contribution in [0.25, 0.3) is 22.4 Å². The zero-order valence-corrected chi connectivity index (χ0v) is 14.2. The number of rotatable bonds is 7. The molecule has 3 rings (SSSR count). The zero-order valence-electron chi connectivity index (χ0n) is 14.2. The van der Waals surface area contributed by atoms with Crippen molar-refractivity contribution in [3.63, 3.8) is 0 Å². The number of para-hydroxylation sites is 2. The molecule has 2 aromatic carbocycles. The van der Waals surface area contributed by atoms with Crippen molar-refractivity contribution in [1.82, 2.24) is 9.55 Å². The smallest absolute Gasteiger partial charge is 0.323 e. The summed E-state index contributed by atoms with van der Waals surface area (Å²) >= 11 is 0. The highest BCUT2D eigenvalue weighted by Crippen LogP contribution is 2.34. The van der Waals surface area contributed by atoms with Crippen LogP contribution in [0.15, 0.2) is 42.5 Å². The molecule has 1 heterocycles. The molecule has 130 valence electrons. The van der Waals surface area contributed by atoms with Gasteiger partial charge in [0, 0.05) is 5.56 Å². The normalized spacial score (nSPS) is 10.8. The Morgan fingerprint density at radius 1 is 1.08 bits per heavy atom. The van der Waals surface area contributed by atoms with Crippen LogP contribution in [0.1, 0.15) is 13.8 Å². The van der Waals surface area contributed by atoms with Crippen LogP contribution < -0.4 is 9.47 Å². The summed E-state index contributed by atoms with van der Waals surface area (Å²) in [7, 11) is 0. The van der Waals surface area contributed by atoms with Crippen molar-refractivity contribution in [1.29, 1.82) is 0 Å². The van der Waals surface area contributed by atoms with Gasteiger partial charge in [-0.2, -0.15) is 0 Å². The SMILES string of the molecule is CCOc1ccc(-c2nc3ccccc3n2CC(=O)O)cc1OCC. The number of carboxylic acid groups (broad SMARTS) is 1. The molecule has 3 aromatic rings. The molecular weight excluding hydrogens is 320 g/mol. The molecule has 0 aliphatic carbocycles. The zero-order chi connectivity index (χ0) is 17.8. The molecule has 0 unspecified atom stereocenters. The van der Waals surface area contributed by atoms with Crippen LogP contribution in [0.4, 0.5) is 0 Å². The number of aliphatic carboxylic acids is 1. The van der Waals surface area contributed by atoms with Gasteiger partial charge in [0.25, 0.3) is 0 Å². The van der Waals surface area contributed by atoms with Crippen LogP contribution in [0.5, 0.6) is 11.5 Å². The Hall–Kier alpha value is -3.02. The molecule has 0 bridgehead atoms. The van der Waals surface area contributed by atoms with Gasteiger partial charge < -0.3 is 19.1 Å². The predicted molar refractivity (Wildman–Crippen MR) is 95.1 cm³/mol. The fourth-order valence-electron chi connectivity index (χ4n) is 2.78. The summed E-state index contributed by atoms with van der Waals surface area (Å²) in [5.74, 6) is 0.956. The molecule has 0 amide bonds. The van der Waals surface area contributed by atoms with Crippen molar-refractivity contribution >= 4 is 17.0 Å². The predicted octanol–water partition coefficient (Wildman–Crippen LogP) is 3.59. The highest BCUT2D eigenvalue weighted by molar-refractivity contribution is 5.83. The van der Waals surface area contributed by atoms with Gasteiger partial charge in [0.2, 0.25) is 0 Å². The highest BCUT2D eigenvalue weighted by Gasteiger charge is 2.16. The monoisotopic (exact) mass is 340 g/mol. The number of hydrogen-bond acceptors (Lipinski definition) is 4. The Morgan fingerprint density at radius 2 is 1.80 bits per heavy atom. The van der Waals surface area contributed by atoms with Crippen LogP contribution in [-0.4, -0.2) is 33.8 Å². The third-order valence-corrected chi connectivity index (χ3v) is 3.75. The quantitative estimate of drug-likeness (QED) is 0.711. The second kappa shape index (κ2) is 7.25. The molecule has 0 fully saturated rings. The Bertz CT molecular complexity index is 902. The van der Waals surface area contributed by atoms with E-state index in [9.17, 15) is 9.90 Å². The lowest BCUT2D eigenvalue weighted by Crippen LogP contribution is -2.10. The number of imidazole rings is 1. The summed E-state index contributed by atoms with van der Waals surface area (Å²) in [4.78, 5) is 15.9. The Balaban J connectivity index is 2.15. The summed E-state index contributed by atoms with van der Waals surface area (Å²) in [6.45, 7) is 4.71. The van der Waals surface area contributed by atoms with E-state index >= 15 is 0 Å². The van der Waals surface area contributed by atoms with E-state index in [0.29, 0.717) is 30.5 Å². The van der Waals surface area contributed by atoms with Crippen molar-refractivity contribution in [2.24, 2.45) is 0 Å². The lowest BCUT2D eigenvalue weighted by molar-refractivity contribution is -0.137. The van der Waals surface area contributed by atoms with Crippen molar-refractivity contribution in [2.45, 2.75) is 20.4 Å². The standard InChI is InChI=1S/C19H20N2O4/c1-3-24-16-10-9-13(11-17(16)25-4-2)19-20-14-7-5-6-8-15(14)21(19)12-18(22)23/h5-11H,3-4,12H2,1-2H3,(H,22,23). The van der Waals surface area contributed by atoms with E-state index in [-0.39, 0.29) is 6.54 Å². The van der Waals surface area contributed by atoms with E-state index in [1.54, 1.807) is 4.57 Å². The average molecular weight is 340 g/mol. The summed E-state index contributed by atoms with van der Waals surface area (Å²) < 4.78 is 13.0. The van der Waals surface area contributed by atoms with Crippen molar-refractivity contribution in [3.8, 4) is 22.9 Å². The van der Waals surface area contributed by atoms with Crippen LogP contribution in [-0.2, 0) is 11.3 Å². The Labute approximate surface area is 145 Å². The molecule has 6 heteroatoms. The topological polar surface area (TPSA) is 73.6 Å². The molecule has 0 saturated carbocycles. The molecule has 0 saturated heterocycles. The average Bonchev–Trinajstić information content (AvgIpc) is 2.95. The number of aromatic nitrogens is 2. The Morgan fingerprint density at radius 3 is 2.52 bits per heavy atom. The molecule has 0 spiro atoms. The second-order valence-corrected chi connectivity index (χ2v) is 5.43. The van der Waals surface area contributed by atoms with Gasteiger partial charge in [-0.25, -0.2) is 4.98 Å². The summed E-state index contributed by atoms with van der Waals surface area (Å²) in [6.07, 6.45) is 0. The molecule has 6 nitrogen and oxygen atoms in total. The van der Waals surface area contributed by atoms with E-state index in [1.807, 2.05) is 56.3 Å². The fraction of sp³-hybridized carbons (Fsp3) is 0.263. The third-order valence-electron chi connectivity index (χ3n) is 3.75. The van der Waals surface area contributed by atoms with E-state index < -0.39 is 5.97 Å². The Kier molecular flexibility index (Phi) is 4.88. The van der Waals surface area contributed by atoms with E-state index in [4.69, 9.17) is 9.47 Å². The lowest BCUT2D eigenvalue weighted by atomic mass is 10.2. The van der Waals surface area contributed by atoms with Gasteiger partial charge in [-0.05, 0) is 44.2 Å². The first-order chi connectivity index (χ1) is 12.1. The maximum Gasteiger partial charge on any atom is 0.323 e. The number of benzene rings is 2. The summed E-state index contributed by atoms with van der Waals surface area (Å²) in [5, 5.41) is 9.28.